The Bertz CT molecular complexity index is 1170. The molecule has 160 valence electrons. The van der Waals surface area contributed by atoms with Crippen LogP contribution in [0.5, 0.6) is 0 Å². The molecule has 0 amide bonds. The summed E-state index contributed by atoms with van der Waals surface area (Å²) < 4.78 is 7.79. The van der Waals surface area contributed by atoms with Gasteiger partial charge in [-0.25, -0.2) is 4.79 Å². The summed E-state index contributed by atoms with van der Waals surface area (Å²) in [6.07, 6.45) is 0.416. The highest BCUT2D eigenvalue weighted by Crippen LogP contribution is 2.37. The predicted molar refractivity (Wildman–Crippen MR) is 110 cm³/mol. The van der Waals surface area contributed by atoms with E-state index in [1.807, 2.05) is 0 Å². The average Bonchev–Trinajstić information content (AvgIpc) is 3.22. The van der Waals surface area contributed by atoms with Gasteiger partial charge in [0.25, 0.3) is 5.56 Å². The molecule has 0 unspecified atom stereocenters. The first-order valence-electron chi connectivity index (χ1n) is 10.1. The highest BCUT2D eigenvalue weighted by molar-refractivity contribution is 5.83. The van der Waals surface area contributed by atoms with Crippen LogP contribution in [-0.4, -0.2) is 36.7 Å². The quantitative estimate of drug-likeness (QED) is 0.591. The first kappa shape index (κ1) is 20.6. The standard InChI is InChI=1S/C22H26N2O6/c1-12-14(20(27)19-16(25)6-3-7-17(19)26)8-9-15-18(12)21(28)24(22(29)23(15)2)11-13-5-4-10-30-13/h4-5,8-10,16-17,19-20,25-27H,3,6-7,11H2,1-2H3/t16-,17-,20+/m1/s1. The number of aliphatic hydroxyl groups is 3. The number of aromatic nitrogens is 2. The molecule has 0 radical (unpaired) electrons. The van der Waals surface area contributed by atoms with Crippen LogP contribution in [0.4, 0.5) is 0 Å². The molecule has 0 bridgehead atoms. The lowest BCUT2D eigenvalue weighted by Gasteiger charge is -2.36. The van der Waals surface area contributed by atoms with Gasteiger partial charge in [-0.2, -0.15) is 0 Å². The summed E-state index contributed by atoms with van der Waals surface area (Å²) in [6, 6.07) is 6.66. The van der Waals surface area contributed by atoms with Gasteiger partial charge in [-0.1, -0.05) is 6.07 Å². The van der Waals surface area contributed by atoms with Crippen LogP contribution >= 0.6 is 0 Å². The number of nitrogens with zero attached hydrogens (tertiary/aromatic N) is 2. The van der Waals surface area contributed by atoms with E-state index < -0.39 is 35.5 Å². The molecular formula is C22H26N2O6. The van der Waals surface area contributed by atoms with Gasteiger partial charge < -0.3 is 19.7 Å². The molecule has 3 aromatic rings. The lowest BCUT2D eigenvalue weighted by molar-refractivity contribution is -0.0832. The van der Waals surface area contributed by atoms with Gasteiger partial charge in [-0.05, 0) is 55.5 Å². The summed E-state index contributed by atoms with van der Waals surface area (Å²) in [5.41, 5.74) is 0.515. The Morgan fingerprint density at radius 2 is 1.87 bits per heavy atom. The molecule has 1 saturated carbocycles. The second-order valence-electron chi connectivity index (χ2n) is 8.07. The molecule has 3 N–H and O–H groups in total. The second kappa shape index (κ2) is 7.86. The molecule has 1 fully saturated rings. The summed E-state index contributed by atoms with van der Waals surface area (Å²) >= 11 is 0. The van der Waals surface area contributed by atoms with Gasteiger partial charge in [0.15, 0.2) is 0 Å². The fourth-order valence-electron chi connectivity index (χ4n) is 4.59. The van der Waals surface area contributed by atoms with Crippen molar-refractivity contribution in [3.8, 4) is 0 Å². The molecule has 2 aromatic heterocycles. The van der Waals surface area contributed by atoms with Gasteiger partial charge in [-0.15, -0.1) is 0 Å². The summed E-state index contributed by atoms with van der Waals surface area (Å²) in [7, 11) is 1.59. The maximum atomic E-state index is 13.3. The third-order valence-corrected chi connectivity index (χ3v) is 6.29. The summed E-state index contributed by atoms with van der Waals surface area (Å²) in [5.74, 6) is -0.247. The number of furan rings is 1. The van der Waals surface area contributed by atoms with E-state index in [0.29, 0.717) is 47.1 Å². The number of hydrogen-bond donors (Lipinski definition) is 3. The minimum atomic E-state index is -1.13. The SMILES string of the molecule is Cc1c([C@H](O)C2[C@H](O)CCC[C@H]2O)ccc2c1c(=O)n(Cc1ccco1)c(=O)n2C. The number of fused-ring (bicyclic) bond motifs is 1. The van der Waals surface area contributed by atoms with Crippen molar-refractivity contribution in [2.75, 3.05) is 0 Å². The van der Waals surface area contributed by atoms with Gasteiger partial charge >= 0.3 is 5.69 Å². The average molecular weight is 414 g/mol. The van der Waals surface area contributed by atoms with Crippen molar-refractivity contribution in [2.24, 2.45) is 13.0 Å². The number of hydrogen-bond acceptors (Lipinski definition) is 6. The van der Waals surface area contributed by atoms with Crippen molar-refractivity contribution in [3.63, 3.8) is 0 Å². The highest BCUT2D eigenvalue weighted by atomic mass is 16.3. The number of aliphatic hydroxyl groups excluding tert-OH is 3. The molecule has 1 aliphatic rings. The highest BCUT2D eigenvalue weighted by Gasteiger charge is 2.37. The van der Waals surface area contributed by atoms with Gasteiger partial charge in [0.2, 0.25) is 0 Å². The van der Waals surface area contributed by atoms with Gasteiger partial charge in [-0.3, -0.25) is 13.9 Å². The first-order chi connectivity index (χ1) is 14.3. The van der Waals surface area contributed by atoms with Crippen LogP contribution in [0.15, 0.2) is 44.5 Å². The normalized spacial score (nSPS) is 21.2. The van der Waals surface area contributed by atoms with E-state index >= 15 is 0 Å². The smallest absolute Gasteiger partial charge is 0.331 e. The minimum Gasteiger partial charge on any atom is -0.467 e. The Hall–Kier alpha value is -2.68. The molecule has 0 aliphatic heterocycles. The Kier molecular flexibility index (Phi) is 5.40. The van der Waals surface area contributed by atoms with Crippen molar-refractivity contribution < 1.29 is 19.7 Å². The van der Waals surface area contributed by atoms with Crippen LogP contribution < -0.4 is 11.2 Å². The fourth-order valence-corrected chi connectivity index (χ4v) is 4.59. The molecule has 30 heavy (non-hydrogen) atoms. The van der Waals surface area contributed by atoms with E-state index in [1.165, 1.54) is 10.8 Å². The Balaban J connectivity index is 1.87. The van der Waals surface area contributed by atoms with Gasteiger partial charge in [0, 0.05) is 13.0 Å². The third-order valence-electron chi connectivity index (χ3n) is 6.29. The molecule has 8 heteroatoms. The Morgan fingerprint density at radius 3 is 2.50 bits per heavy atom. The van der Waals surface area contributed by atoms with Gasteiger partial charge in [0.1, 0.15) is 5.76 Å². The minimum absolute atomic E-state index is 0.000715. The van der Waals surface area contributed by atoms with Crippen molar-refractivity contribution in [1.82, 2.24) is 9.13 Å². The van der Waals surface area contributed by atoms with Crippen molar-refractivity contribution in [3.05, 3.63) is 68.3 Å². The molecule has 0 spiro atoms. The van der Waals surface area contributed by atoms with Crippen molar-refractivity contribution in [1.29, 1.82) is 0 Å². The van der Waals surface area contributed by atoms with Gasteiger partial charge in [0.05, 0.1) is 42.0 Å². The van der Waals surface area contributed by atoms with Crippen LogP contribution in [0.2, 0.25) is 0 Å². The fraction of sp³-hybridized carbons (Fsp3) is 0.455. The van der Waals surface area contributed by atoms with E-state index in [-0.39, 0.29) is 6.54 Å². The van der Waals surface area contributed by atoms with Crippen LogP contribution in [0, 0.1) is 12.8 Å². The molecule has 1 aliphatic carbocycles. The number of benzene rings is 1. The van der Waals surface area contributed by atoms with E-state index in [0.717, 1.165) is 4.57 Å². The maximum absolute atomic E-state index is 13.3. The van der Waals surface area contributed by atoms with Crippen LogP contribution in [0.3, 0.4) is 0 Å². The van der Waals surface area contributed by atoms with E-state index in [2.05, 4.69) is 0 Å². The number of rotatable bonds is 4. The summed E-state index contributed by atoms with van der Waals surface area (Å²) in [6.45, 7) is 1.71. The topological polar surface area (TPSA) is 118 Å². The zero-order chi connectivity index (χ0) is 21.6. The third kappa shape index (κ3) is 3.30. The largest absolute Gasteiger partial charge is 0.467 e. The molecule has 0 saturated heterocycles. The van der Waals surface area contributed by atoms with E-state index in [1.54, 1.807) is 38.2 Å². The van der Waals surface area contributed by atoms with E-state index in [9.17, 15) is 24.9 Å². The summed E-state index contributed by atoms with van der Waals surface area (Å²) in [4.78, 5) is 26.0. The van der Waals surface area contributed by atoms with Crippen LogP contribution in [-0.2, 0) is 13.6 Å². The zero-order valence-electron chi connectivity index (χ0n) is 17.0. The van der Waals surface area contributed by atoms with Crippen molar-refractivity contribution in [2.45, 2.75) is 51.0 Å². The molecule has 4 rings (SSSR count). The van der Waals surface area contributed by atoms with E-state index in [4.69, 9.17) is 4.42 Å². The molecule has 3 atom stereocenters. The molecular weight excluding hydrogens is 388 g/mol. The first-order valence-corrected chi connectivity index (χ1v) is 10.1. The maximum Gasteiger partial charge on any atom is 0.331 e. The monoisotopic (exact) mass is 414 g/mol. The Morgan fingerprint density at radius 1 is 1.17 bits per heavy atom. The van der Waals surface area contributed by atoms with Crippen LogP contribution in [0.1, 0.15) is 42.3 Å². The molecule has 8 nitrogen and oxygen atoms in total. The lowest BCUT2D eigenvalue weighted by Crippen LogP contribution is -2.41. The Labute approximate surface area is 172 Å². The molecule has 1 aromatic carbocycles. The van der Waals surface area contributed by atoms with Crippen molar-refractivity contribution >= 4 is 10.9 Å². The summed E-state index contributed by atoms with van der Waals surface area (Å²) in [5, 5.41) is 32.0. The predicted octanol–water partition coefficient (Wildman–Crippen LogP) is 1.21. The second-order valence-corrected chi connectivity index (χ2v) is 8.07. The lowest BCUT2D eigenvalue weighted by atomic mass is 9.77. The zero-order valence-corrected chi connectivity index (χ0v) is 17.0. The molecule has 2 heterocycles. The number of aryl methyl sites for hydroxylation is 2. The van der Waals surface area contributed by atoms with Crippen LogP contribution in [0.25, 0.3) is 10.9 Å².